The van der Waals surface area contributed by atoms with E-state index in [1.165, 1.54) is 21.0 Å². The van der Waals surface area contributed by atoms with Crippen molar-refractivity contribution < 1.29 is 24.2 Å². The Hall–Kier alpha value is -2.24. The van der Waals surface area contributed by atoms with Gasteiger partial charge in [0.2, 0.25) is 5.91 Å². The van der Waals surface area contributed by atoms with Crippen LogP contribution in [0.5, 0.6) is 11.5 Å². The minimum atomic E-state index is -1.13. The summed E-state index contributed by atoms with van der Waals surface area (Å²) in [6.07, 6.45) is -0.134. The maximum Gasteiger partial charge on any atom is 0.309 e. The van der Waals surface area contributed by atoms with Crippen molar-refractivity contribution in [1.82, 2.24) is 0 Å². The number of carboxylic acid groups (broad SMARTS) is 1. The molecule has 1 aromatic carbocycles. The first-order chi connectivity index (χ1) is 9.80. The molecule has 116 valence electrons. The average Bonchev–Trinajstić information content (AvgIpc) is 2.40. The third kappa shape index (κ3) is 4.66. The molecule has 0 saturated heterocycles. The van der Waals surface area contributed by atoms with Crippen LogP contribution in [0, 0.1) is 5.41 Å². The summed E-state index contributed by atoms with van der Waals surface area (Å²) in [6.45, 7) is 5.30. The van der Waals surface area contributed by atoms with Gasteiger partial charge in [-0.15, -0.1) is 0 Å². The Bertz CT molecular complexity index is 525. The van der Waals surface area contributed by atoms with E-state index in [9.17, 15) is 9.59 Å². The zero-order valence-corrected chi connectivity index (χ0v) is 12.7. The standard InChI is InChI=1S/C15H21NO5/c1-5-21-12-7-6-10(20-4)8-11(12)16-13(17)9-15(2,3)14(18)19/h6-8H,5,9H2,1-4H3,(H,16,17)(H,18,19). The van der Waals surface area contributed by atoms with E-state index in [1.54, 1.807) is 18.2 Å². The molecule has 0 fully saturated rings. The lowest BCUT2D eigenvalue weighted by molar-refractivity contribution is -0.148. The number of hydrogen-bond acceptors (Lipinski definition) is 4. The van der Waals surface area contributed by atoms with Crippen molar-refractivity contribution in [2.45, 2.75) is 27.2 Å². The monoisotopic (exact) mass is 295 g/mol. The number of nitrogens with one attached hydrogen (secondary N) is 1. The molecule has 6 heteroatoms. The lowest BCUT2D eigenvalue weighted by atomic mass is 9.89. The number of carboxylic acids is 1. The smallest absolute Gasteiger partial charge is 0.309 e. The fraction of sp³-hybridized carbons (Fsp3) is 0.467. The Kier molecular flexibility index (Phi) is 5.58. The predicted molar refractivity (Wildman–Crippen MR) is 78.8 cm³/mol. The highest BCUT2D eigenvalue weighted by atomic mass is 16.5. The second kappa shape index (κ2) is 6.97. The van der Waals surface area contributed by atoms with Gasteiger partial charge in [0, 0.05) is 12.5 Å². The molecule has 0 aliphatic carbocycles. The van der Waals surface area contributed by atoms with Gasteiger partial charge in [0.05, 0.1) is 24.8 Å². The van der Waals surface area contributed by atoms with Crippen LogP contribution in [-0.2, 0) is 9.59 Å². The Morgan fingerprint density at radius 1 is 1.33 bits per heavy atom. The number of benzene rings is 1. The lowest BCUT2D eigenvalue weighted by Gasteiger charge is -2.19. The maximum atomic E-state index is 12.0. The quantitative estimate of drug-likeness (QED) is 0.807. The number of aliphatic carboxylic acids is 1. The predicted octanol–water partition coefficient (Wildman–Crippen LogP) is 2.53. The second-order valence-electron chi connectivity index (χ2n) is 5.21. The third-order valence-electron chi connectivity index (χ3n) is 2.94. The Morgan fingerprint density at radius 2 is 2.00 bits per heavy atom. The summed E-state index contributed by atoms with van der Waals surface area (Å²) < 4.78 is 10.5. The molecule has 0 aliphatic heterocycles. The molecule has 6 nitrogen and oxygen atoms in total. The van der Waals surface area contributed by atoms with Crippen LogP contribution in [0.25, 0.3) is 0 Å². The summed E-state index contributed by atoms with van der Waals surface area (Å²) >= 11 is 0. The summed E-state index contributed by atoms with van der Waals surface area (Å²) in [4.78, 5) is 23.1. The highest BCUT2D eigenvalue weighted by Crippen LogP contribution is 2.30. The number of carbonyl (C=O) groups excluding carboxylic acids is 1. The van der Waals surface area contributed by atoms with Gasteiger partial charge in [0.25, 0.3) is 0 Å². The van der Waals surface area contributed by atoms with Gasteiger partial charge in [-0.1, -0.05) is 0 Å². The Morgan fingerprint density at radius 3 is 2.52 bits per heavy atom. The van der Waals surface area contributed by atoms with Gasteiger partial charge in [-0.25, -0.2) is 0 Å². The van der Waals surface area contributed by atoms with Crippen LogP contribution in [0.15, 0.2) is 18.2 Å². The van der Waals surface area contributed by atoms with E-state index < -0.39 is 17.3 Å². The van der Waals surface area contributed by atoms with Crippen LogP contribution in [-0.4, -0.2) is 30.7 Å². The van der Waals surface area contributed by atoms with Gasteiger partial charge in [0.1, 0.15) is 11.5 Å². The minimum Gasteiger partial charge on any atom is -0.497 e. The van der Waals surface area contributed by atoms with Gasteiger partial charge in [0.15, 0.2) is 0 Å². The lowest BCUT2D eigenvalue weighted by Crippen LogP contribution is -2.29. The van der Waals surface area contributed by atoms with Crippen molar-refractivity contribution in [3.8, 4) is 11.5 Å². The zero-order chi connectivity index (χ0) is 16.0. The molecule has 21 heavy (non-hydrogen) atoms. The summed E-state index contributed by atoms with van der Waals surface area (Å²) in [6, 6.07) is 5.05. The van der Waals surface area contributed by atoms with Crippen LogP contribution >= 0.6 is 0 Å². The highest BCUT2D eigenvalue weighted by molar-refractivity contribution is 5.95. The maximum absolute atomic E-state index is 12.0. The fourth-order valence-corrected chi connectivity index (χ4v) is 1.69. The van der Waals surface area contributed by atoms with Gasteiger partial charge >= 0.3 is 5.97 Å². The number of carbonyl (C=O) groups is 2. The number of ether oxygens (including phenoxy) is 2. The first kappa shape index (κ1) is 16.8. The van der Waals surface area contributed by atoms with E-state index >= 15 is 0 Å². The molecule has 0 saturated carbocycles. The first-order valence-corrected chi connectivity index (χ1v) is 6.64. The van der Waals surface area contributed by atoms with E-state index in [-0.39, 0.29) is 6.42 Å². The SMILES string of the molecule is CCOc1ccc(OC)cc1NC(=O)CC(C)(C)C(=O)O. The number of methoxy groups -OCH3 is 1. The van der Waals surface area contributed by atoms with Gasteiger partial charge in [-0.3, -0.25) is 9.59 Å². The summed E-state index contributed by atoms with van der Waals surface area (Å²) in [5, 5.41) is 11.7. The second-order valence-corrected chi connectivity index (χ2v) is 5.21. The normalized spacial score (nSPS) is 10.9. The van der Waals surface area contributed by atoms with Gasteiger partial charge in [-0.05, 0) is 32.9 Å². The Labute approximate surface area is 124 Å². The molecule has 0 unspecified atom stereocenters. The number of hydrogen-bond donors (Lipinski definition) is 2. The summed E-state index contributed by atoms with van der Waals surface area (Å²) in [7, 11) is 1.52. The fourth-order valence-electron chi connectivity index (χ4n) is 1.69. The van der Waals surface area contributed by atoms with E-state index in [4.69, 9.17) is 14.6 Å². The van der Waals surface area contributed by atoms with Crippen LogP contribution in [0.1, 0.15) is 27.2 Å². The molecule has 0 bridgehead atoms. The van der Waals surface area contributed by atoms with Crippen molar-refractivity contribution in [3.63, 3.8) is 0 Å². The number of anilines is 1. The highest BCUT2D eigenvalue weighted by Gasteiger charge is 2.30. The topological polar surface area (TPSA) is 84.9 Å². The molecule has 0 aromatic heterocycles. The van der Waals surface area contributed by atoms with E-state index in [1.807, 2.05) is 6.92 Å². The van der Waals surface area contributed by atoms with Crippen molar-refractivity contribution in [2.75, 3.05) is 19.0 Å². The minimum absolute atomic E-state index is 0.134. The summed E-state index contributed by atoms with van der Waals surface area (Å²) in [5.74, 6) is -0.323. The molecule has 0 aliphatic rings. The average molecular weight is 295 g/mol. The third-order valence-corrected chi connectivity index (χ3v) is 2.94. The summed E-state index contributed by atoms with van der Waals surface area (Å²) in [5.41, 5.74) is -0.670. The van der Waals surface area contributed by atoms with E-state index in [0.29, 0.717) is 23.8 Å². The molecule has 2 N–H and O–H groups in total. The molecule has 0 radical (unpaired) electrons. The van der Waals surface area contributed by atoms with E-state index in [0.717, 1.165) is 0 Å². The van der Waals surface area contributed by atoms with Crippen LogP contribution < -0.4 is 14.8 Å². The van der Waals surface area contributed by atoms with Crippen molar-refractivity contribution in [2.24, 2.45) is 5.41 Å². The Balaban J connectivity index is 2.90. The van der Waals surface area contributed by atoms with Crippen molar-refractivity contribution in [1.29, 1.82) is 0 Å². The van der Waals surface area contributed by atoms with E-state index in [2.05, 4.69) is 5.32 Å². The molecule has 0 heterocycles. The zero-order valence-electron chi connectivity index (χ0n) is 12.7. The molecular weight excluding hydrogens is 274 g/mol. The molecule has 1 rings (SSSR count). The van der Waals surface area contributed by atoms with Gasteiger partial charge < -0.3 is 19.9 Å². The van der Waals surface area contributed by atoms with Crippen molar-refractivity contribution in [3.05, 3.63) is 18.2 Å². The van der Waals surface area contributed by atoms with Gasteiger partial charge in [-0.2, -0.15) is 0 Å². The number of amides is 1. The molecule has 1 amide bonds. The van der Waals surface area contributed by atoms with Crippen LogP contribution in [0.4, 0.5) is 5.69 Å². The van der Waals surface area contributed by atoms with Crippen LogP contribution in [0.3, 0.4) is 0 Å². The largest absolute Gasteiger partial charge is 0.497 e. The molecule has 1 aromatic rings. The molecule has 0 atom stereocenters. The first-order valence-electron chi connectivity index (χ1n) is 6.64. The molecular formula is C15H21NO5. The van der Waals surface area contributed by atoms with Crippen LogP contribution in [0.2, 0.25) is 0 Å². The van der Waals surface area contributed by atoms with Crippen molar-refractivity contribution >= 4 is 17.6 Å². The number of rotatable bonds is 7. The molecule has 0 spiro atoms.